The first-order valence-corrected chi connectivity index (χ1v) is 9.17. The summed E-state index contributed by atoms with van der Waals surface area (Å²) in [6, 6.07) is 5.32. The molecule has 4 nitrogen and oxygen atoms in total. The van der Waals surface area contributed by atoms with Crippen molar-refractivity contribution in [3.63, 3.8) is 0 Å². The zero-order chi connectivity index (χ0) is 14.5. The van der Waals surface area contributed by atoms with E-state index >= 15 is 0 Å². The number of halogens is 2. The smallest absolute Gasteiger partial charge is 0.236 e. The number of hydrogen-bond acceptors (Lipinski definition) is 3. The van der Waals surface area contributed by atoms with Crippen LogP contribution >= 0.6 is 31.9 Å². The van der Waals surface area contributed by atoms with Gasteiger partial charge >= 0.3 is 0 Å². The summed E-state index contributed by atoms with van der Waals surface area (Å²) in [5.74, 6) is 0. The molecule has 1 aromatic carbocycles. The van der Waals surface area contributed by atoms with Crippen LogP contribution in [0.4, 0.5) is 5.69 Å². The Balaban J connectivity index is 2.73. The van der Waals surface area contributed by atoms with Gasteiger partial charge in [0.25, 0.3) is 0 Å². The number of rotatable bonds is 7. The van der Waals surface area contributed by atoms with Crippen LogP contribution in [0, 0.1) is 0 Å². The lowest BCUT2D eigenvalue weighted by atomic mass is 10.3. The highest BCUT2D eigenvalue weighted by molar-refractivity contribution is 9.11. The van der Waals surface area contributed by atoms with E-state index in [1.807, 2.05) is 6.92 Å². The Morgan fingerprint density at radius 2 is 2.00 bits per heavy atom. The average molecular weight is 414 g/mol. The molecule has 0 fully saturated rings. The molecule has 1 aromatic rings. The van der Waals surface area contributed by atoms with Gasteiger partial charge in [-0.05, 0) is 54.0 Å². The van der Waals surface area contributed by atoms with Crippen molar-refractivity contribution < 1.29 is 8.42 Å². The standard InChI is InChI=1S/C12H18Br2N2O2S/c1-3-6-15-8-9(2)19(17,18)16-12-5-4-10(13)7-11(12)14/h4-5,7,9,15-16H,3,6,8H2,1-2H3. The third kappa shape index (κ3) is 5.41. The Morgan fingerprint density at radius 3 is 2.58 bits per heavy atom. The maximum atomic E-state index is 12.1. The summed E-state index contributed by atoms with van der Waals surface area (Å²) in [6.07, 6.45) is 0.985. The van der Waals surface area contributed by atoms with E-state index in [1.54, 1.807) is 25.1 Å². The minimum absolute atomic E-state index is 0.442. The summed E-state index contributed by atoms with van der Waals surface area (Å²) in [5, 5.41) is 2.62. The van der Waals surface area contributed by atoms with E-state index < -0.39 is 15.3 Å². The molecule has 0 amide bonds. The van der Waals surface area contributed by atoms with Gasteiger partial charge in [-0.25, -0.2) is 8.42 Å². The SMILES string of the molecule is CCCNCC(C)S(=O)(=O)Nc1ccc(Br)cc1Br. The summed E-state index contributed by atoms with van der Waals surface area (Å²) in [7, 11) is -3.39. The van der Waals surface area contributed by atoms with Gasteiger partial charge in [0.05, 0.1) is 10.9 Å². The molecule has 19 heavy (non-hydrogen) atoms. The number of benzene rings is 1. The van der Waals surface area contributed by atoms with Crippen LogP contribution in [-0.2, 0) is 10.0 Å². The summed E-state index contributed by atoms with van der Waals surface area (Å²) >= 11 is 6.67. The van der Waals surface area contributed by atoms with Gasteiger partial charge in [0, 0.05) is 15.5 Å². The lowest BCUT2D eigenvalue weighted by Crippen LogP contribution is -2.35. The predicted molar refractivity (Wildman–Crippen MR) is 87.0 cm³/mol. The molecule has 7 heteroatoms. The first kappa shape index (κ1) is 16.9. The first-order valence-electron chi connectivity index (χ1n) is 6.04. The van der Waals surface area contributed by atoms with Crippen molar-refractivity contribution in [1.82, 2.24) is 5.32 Å². The van der Waals surface area contributed by atoms with Crippen LogP contribution in [0.1, 0.15) is 20.3 Å². The molecular weight excluding hydrogens is 396 g/mol. The normalized spacial score (nSPS) is 13.3. The quantitative estimate of drug-likeness (QED) is 0.674. The average Bonchev–Trinajstić information content (AvgIpc) is 2.33. The Bertz CT molecular complexity index is 520. The molecular formula is C12H18Br2N2O2S. The number of sulfonamides is 1. The minimum atomic E-state index is -3.39. The molecule has 0 saturated carbocycles. The van der Waals surface area contributed by atoms with Crippen molar-refractivity contribution in [2.24, 2.45) is 0 Å². The van der Waals surface area contributed by atoms with Gasteiger partial charge in [-0.3, -0.25) is 4.72 Å². The van der Waals surface area contributed by atoms with E-state index in [9.17, 15) is 8.42 Å². The summed E-state index contributed by atoms with van der Waals surface area (Å²) in [6.45, 7) is 5.00. The zero-order valence-electron chi connectivity index (χ0n) is 10.9. The Labute approximate surface area is 131 Å². The monoisotopic (exact) mass is 412 g/mol. The fraction of sp³-hybridized carbons (Fsp3) is 0.500. The van der Waals surface area contributed by atoms with E-state index in [-0.39, 0.29) is 0 Å². The second kappa shape index (κ2) is 7.61. The number of hydrogen-bond donors (Lipinski definition) is 2. The fourth-order valence-electron chi connectivity index (χ4n) is 1.42. The van der Waals surface area contributed by atoms with Crippen molar-refractivity contribution in [3.8, 4) is 0 Å². The fourth-order valence-corrected chi connectivity index (χ4v) is 3.72. The third-order valence-corrected chi connectivity index (χ3v) is 5.45. The zero-order valence-corrected chi connectivity index (χ0v) is 14.9. The molecule has 0 aliphatic heterocycles. The second-order valence-electron chi connectivity index (χ2n) is 4.29. The summed E-state index contributed by atoms with van der Waals surface area (Å²) in [4.78, 5) is 0. The van der Waals surface area contributed by atoms with Gasteiger partial charge < -0.3 is 5.32 Å². The molecule has 0 bridgehead atoms. The van der Waals surface area contributed by atoms with Gasteiger partial charge in [-0.1, -0.05) is 22.9 Å². The van der Waals surface area contributed by atoms with Crippen LogP contribution in [0.2, 0.25) is 0 Å². The molecule has 0 aliphatic rings. The maximum Gasteiger partial charge on any atom is 0.236 e. The molecule has 1 unspecified atom stereocenters. The van der Waals surface area contributed by atoms with E-state index in [1.165, 1.54) is 0 Å². The van der Waals surface area contributed by atoms with Crippen molar-refractivity contribution in [2.45, 2.75) is 25.5 Å². The lowest BCUT2D eigenvalue weighted by Gasteiger charge is -2.16. The maximum absolute atomic E-state index is 12.1. The van der Waals surface area contributed by atoms with Crippen LogP contribution < -0.4 is 10.0 Å². The van der Waals surface area contributed by atoms with Crippen molar-refractivity contribution in [3.05, 3.63) is 27.1 Å². The van der Waals surface area contributed by atoms with Crippen molar-refractivity contribution in [2.75, 3.05) is 17.8 Å². The number of nitrogens with one attached hydrogen (secondary N) is 2. The predicted octanol–water partition coefficient (Wildman–Crippen LogP) is 3.34. The van der Waals surface area contributed by atoms with E-state index in [2.05, 4.69) is 41.9 Å². The second-order valence-corrected chi connectivity index (χ2v) is 8.15. The highest BCUT2D eigenvalue weighted by Gasteiger charge is 2.21. The van der Waals surface area contributed by atoms with Crippen molar-refractivity contribution >= 4 is 47.6 Å². The van der Waals surface area contributed by atoms with Crippen LogP contribution in [0.25, 0.3) is 0 Å². The van der Waals surface area contributed by atoms with Gasteiger partial charge in [0.15, 0.2) is 0 Å². The summed E-state index contributed by atoms with van der Waals surface area (Å²) in [5.41, 5.74) is 0.547. The van der Waals surface area contributed by atoms with Gasteiger partial charge in [-0.2, -0.15) is 0 Å². The number of anilines is 1. The molecule has 0 spiro atoms. The Hall–Kier alpha value is -0.110. The van der Waals surface area contributed by atoms with Gasteiger partial charge in [0.2, 0.25) is 10.0 Å². The van der Waals surface area contributed by atoms with Crippen LogP contribution in [0.15, 0.2) is 27.1 Å². The first-order chi connectivity index (χ1) is 8.86. The van der Waals surface area contributed by atoms with E-state index in [0.717, 1.165) is 17.4 Å². The van der Waals surface area contributed by atoms with E-state index in [4.69, 9.17) is 0 Å². The third-order valence-electron chi connectivity index (χ3n) is 2.57. The molecule has 0 aromatic heterocycles. The molecule has 2 N–H and O–H groups in total. The van der Waals surface area contributed by atoms with Crippen LogP contribution in [0.3, 0.4) is 0 Å². The largest absolute Gasteiger partial charge is 0.315 e. The lowest BCUT2D eigenvalue weighted by molar-refractivity contribution is 0.576. The van der Waals surface area contributed by atoms with Crippen LogP contribution in [0.5, 0.6) is 0 Å². The molecule has 1 rings (SSSR count). The summed E-state index contributed by atoms with van der Waals surface area (Å²) < 4.78 is 28.5. The van der Waals surface area contributed by atoms with Crippen molar-refractivity contribution in [1.29, 1.82) is 0 Å². The molecule has 0 heterocycles. The highest BCUT2D eigenvalue weighted by atomic mass is 79.9. The molecule has 0 radical (unpaired) electrons. The Kier molecular flexibility index (Phi) is 6.79. The topological polar surface area (TPSA) is 58.2 Å². The highest BCUT2D eigenvalue weighted by Crippen LogP contribution is 2.27. The van der Waals surface area contributed by atoms with E-state index in [0.29, 0.717) is 16.7 Å². The molecule has 0 saturated heterocycles. The molecule has 108 valence electrons. The minimum Gasteiger partial charge on any atom is -0.315 e. The van der Waals surface area contributed by atoms with Gasteiger partial charge in [-0.15, -0.1) is 0 Å². The van der Waals surface area contributed by atoms with Gasteiger partial charge in [0.1, 0.15) is 0 Å². The molecule has 0 aliphatic carbocycles. The molecule has 1 atom stereocenters. The van der Waals surface area contributed by atoms with Crippen LogP contribution in [-0.4, -0.2) is 26.8 Å². The Morgan fingerprint density at radius 1 is 1.32 bits per heavy atom.